The van der Waals surface area contributed by atoms with Crippen molar-refractivity contribution >= 4 is 0 Å². The topological polar surface area (TPSA) is 106 Å². The van der Waals surface area contributed by atoms with E-state index < -0.39 is 0 Å². The number of H-pyrrole nitrogens is 1. The summed E-state index contributed by atoms with van der Waals surface area (Å²) >= 11 is 0. The molecule has 8 nitrogen and oxygen atoms in total. The third kappa shape index (κ3) is 2.12. The smallest absolute Gasteiger partial charge is 0.259 e. The van der Waals surface area contributed by atoms with Gasteiger partial charge in [-0.2, -0.15) is 15.2 Å². The molecule has 0 bridgehead atoms. The first kappa shape index (κ1) is 12.3. The number of hydrogen-bond acceptors (Lipinski definition) is 7. The van der Waals surface area contributed by atoms with E-state index in [4.69, 9.17) is 4.52 Å². The van der Waals surface area contributed by atoms with Crippen LogP contribution in [0.2, 0.25) is 0 Å². The summed E-state index contributed by atoms with van der Waals surface area (Å²) in [7, 11) is 0. The van der Waals surface area contributed by atoms with Crippen LogP contribution in [0.4, 0.5) is 0 Å². The van der Waals surface area contributed by atoms with E-state index in [0.29, 0.717) is 23.2 Å². The third-order valence-electron chi connectivity index (χ3n) is 3.06. The molecule has 4 rings (SSSR count). The number of aromatic nitrogens is 7. The molecule has 0 saturated heterocycles. The molecule has 3 aromatic heterocycles. The van der Waals surface area contributed by atoms with Crippen molar-refractivity contribution in [1.82, 2.24) is 35.5 Å². The average Bonchev–Trinajstić information content (AvgIpc) is 3.28. The van der Waals surface area contributed by atoms with Gasteiger partial charge in [-0.25, -0.2) is 4.98 Å². The minimum atomic E-state index is 0.382. The molecule has 3 heterocycles. The van der Waals surface area contributed by atoms with E-state index in [1.807, 2.05) is 24.3 Å². The van der Waals surface area contributed by atoms with Crippen LogP contribution in [-0.2, 0) is 0 Å². The molecule has 0 saturated carbocycles. The highest BCUT2D eigenvalue weighted by molar-refractivity contribution is 5.76. The highest BCUT2D eigenvalue weighted by Crippen LogP contribution is 2.29. The molecule has 0 atom stereocenters. The number of nitrogens with one attached hydrogen (secondary N) is 1. The van der Waals surface area contributed by atoms with Gasteiger partial charge in [-0.1, -0.05) is 23.4 Å². The van der Waals surface area contributed by atoms with Gasteiger partial charge >= 0.3 is 0 Å². The van der Waals surface area contributed by atoms with E-state index in [1.165, 1.54) is 6.33 Å². The molecule has 0 aliphatic rings. The summed E-state index contributed by atoms with van der Waals surface area (Å²) in [6.07, 6.45) is 3.04. The fraction of sp³-hybridized carbons (Fsp3) is 0. The van der Waals surface area contributed by atoms with Crippen LogP contribution < -0.4 is 0 Å². The fourth-order valence-electron chi connectivity index (χ4n) is 2.07. The molecule has 0 aliphatic carbocycles. The molecule has 106 valence electrons. The van der Waals surface area contributed by atoms with E-state index in [0.717, 1.165) is 11.1 Å². The Labute approximate surface area is 124 Å². The standard InChI is InChI=1S/C14H9N7O/c1-2-5-10(9(4-1)12-15-8-17-20-12)14-18-13(21-22-14)11-6-3-7-16-19-11/h1-8H,(H,15,17,20). The predicted molar refractivity (Wildman–Crippen MR) is 76.1 cm³/mol. The summed E-state index contributed by atoms with van der Waals surface area (Å²) in [5.41, 5.74) is 2.14. The van der Waals surface area contributed by atoms with Crippen molar-refractivity contribution < 1.29 is 4.52 Å². The lowest BCUT2D eigenvalue weighted by atomic mass is 10.1. The first-order valence-electron chi connectivity index (χ1n) is 6.49. The second-order valence-corrected chi connectivity index (χ2v) is 4.41. The number of hydrogen-bond donors (Lipinski definition) is 1. The maximum absolute atomic E-state index is 5.35. The predicted octanol–water partition coefficient (Wildman–Crippen LogP) is 1.98. The number of benzene rings is 1. The van der Waals surface area contributed by atoms with Crippen molar-refractivity contribution in [3.63, 3.8) is 0 Å². The van der Waals surface area contributed by atoms with Crippen molar-refractivity contribution in [2.45, 2.75) is 0 Å². The SMILES string of the molecule is c1cnnc(-c2noc(-c3ccccc3-c3ncn[nH]3)n2)c1. The Balaban J connectivity index is 1.80. The Morgan fingerprint density at radius 1 is 1.00 bits per heavy atom. The molecule has 0 fully saturated rings. The molecular formula is C14H9N7O. The zero-order valence-corrected chi connectivity index (χ0v) is 11.2. The van der Waals surface area contributed by atoms with Gasteiger partial charge in [0.15, 0.2) is 5.82 Å². The van der Waals surface area contributed by atoms with Gasteiger partial charge in [0.25, 0.3) is 5.89 Å². The summed E-state index contributed by atoms with van der Waals surface area (Å²) in [6.45, 7) is 0. The van der Waals surface area contributed by atoms with Crippen molar-refractivity contribution in [2.24, 2.45) is 0 Å². The van der Waals surface area contributed by atoms with Crippen LogP contribution in [0.5, 0.6) is 0 Å². The third-order valence-corrected chi connectivity index (χ3v) is 3.06. The highest BCUT2D eigenvalue weighted by atomic mass is 16.5. The van der Waals surface area contributed by atoms with Gasteiger partial charge < -0.3 is 4.52 Å². The quantitative estimate of drug-likeness (QED) is 0.615. The fourth-order valence-corrected chi connectivity index (χ4v) is 2.07. The maximum atomic E-state index is 5.35. The average molecular weight is 291 g/mol. The van der Waals surface area contributed by atoms with Gasteiger partial charge in [-0.3, -0.25) is 5.10 Å². The summed E-state index contributed by atoms with van der Waals surface area (Å²) in [6, 6.07) is 11.1. The number of nitrogens with zero attached hydrogens (tertiary/aromatic N) is 6. The van der Waals surface area contributed by atoms with Crippen LogP contribution in [0.1, 0.15) is 0 Å². The molecule has 22 heavy (non-hydrogen) atoms. The molecule has 0 spiro atoms. The zero-order valence-electron chi connectivity index (χ0n) is 11.2. The first-order chi connectivity index (χ1) is 10.9. The van der Waals surface area contributed by atoms with Crippen molar-refractivity contribution in [2.75, 3.05) is 0 Å². The summed E-state index contributed by atoms with van der Waals surface area (Å²) in [5, 5.41) is 18.4. The van der Waals surface area contributed by atoms with E-state index in [-0.39, 0.29) is 0 Å². The summed E-state index contributed by atoms with van der Waals surface area (Å²) in [5.74, 6) is 1.40. The Bertz CT molecular complexity index is 886. The van der Waals surface area contributed by atoms with Gasteiger partial charge in [0, 0.05) is 11.8 Å². The molecule has 1 N–H and O–H groups in total. The second-order valence-electron chi connectivity index (χ2n) is 4.41. The van der Waals surface area contributed by atoms with Crippen LogP contribution in [0.25, 0.3) is 34.4 Å². The second kappa shape index (κ2) is 5.17. The Morgan fingerprint density at radius 3 is 2.68 bits per heavy atom. The van der Waals surface area contributed by atoms with E-state index in [1.54, 1.807) is 18.3 Å². The highest BCUT2D eigenvalue weighted by Gasteiger charge is 2.16. The minimum Gasteiger partial charge on any atom is -0.334 e. The normalized spacial score (nSPS) is 10.7. The molecule has 0 aliphatic heterocycles. The van der Waals surface area contributed by atoms with E-state index in [9.17, 15) is 0 Å². The van der Waals surface area contributed by atoms with Crippen LogP contribution >= 0.6 is 0 Å². The lowest BCUT2D eigenvalue weighted by Gasteiger charge is -2.01. The molecule has 0 amide bonds. The molecule has 8 heteroatoms. The number of rotatable bonds is 3. The van der Waals surface area contributed by atoms with Gasteiger partial charge in [-0.05, 0) is 18.2 Å². The molecule has 0 radical (unpaired) electrons. The van der Waals surface area contributed by atoms with Gasteiger partial charge in [0.05, 0.1) is 5.56 Å². The minimum absolute atomic E-state index is 0.382. The molecule has 0 unspecified atom stereocenters. The Kier molecular flexibility index (Phi) is 2.90. The van der Waals surface area contributed by atoms with Gasteiger partial charge in [0.1, 0.15) is 12.0 Å². The van der Waals surface area contributed by atoms with Gasteiger partial charge in [-0.15, -0.1) is 5.10 Å². The summed E-state index contributed by atoms with van der Waals surface area (Å²) in [4.78, 5) is 8.54. The lowest BCUT2D eigenvalue weighted by Crippen LogP contribution is -1.89. The molecular weight excluding hydrogens is 282 g/mol. The van der Waals surface area contributed by atoms with Gasteiger partial charge in [0.2, 0.25) is 5.82 Å². The summed E-state index contributed by atoms with van der Waals surface area (Å²) < 4.78 is 5.35. The zero-order chi connectivity index (χ0) is 14.8. The molecule has 1 aromatic carbocycles. The van der Waals surface area contributed by atoms with Crippen LogP contribution in [0.15, 0.2) is 53.4 Å². The van der Waals surface area contributed by atoms with E-state index in [2.05, 4.69) is 35.5 Å². The number of aromatic amines is 1. The van der Waals surface area contributed by atoms with Crippen molar-refractivity contribution in [1.29, 1.82) is 0 Å². The lowest BCUT2D eigenvalue weighted by molar-refractivity contribution is 0.432. The van der Waals surface area contributed by atoms with Crippen LogP contribution in [0.3, 0.4) is 0 Å². The van der Waals surface area contributed by atoms with Crippen LogP contribution in [0, 0.1) is 0 Å². The largest absolute Gasteiger partial charge is 0.334 e. The Hall–Kier alpha value is -3.42. The first-order valence-corrected chi connectivity index (χ1v) is 6.49. The molecule has 4 aromatic rings. The van der Waals surface area contributed by atoms with E-state index >= 15 is 0 Å². The van der Waals surface area contributed by atoms with Crippen molar-refractivity contribution in [3.8, 4) is 34.4 Å². The Morgan fingerprint density at radius 2 is 1.91 bits per heavy atom. The maximum Gasteiger partial charge on any atom is 0.259 e. The van der Waals surface area contributed by atoms with Crippen LogP contribution in [-0.4, -0.2) is 35.5 Å². The van der Waals surface area contributed by atoms with Crippen molar-refractivity contribution in [3.05, 3.63) is 48.9 Å². The monoisotopic (exact) mass is 291 g/mol.